The number of hydrogen-bond donors (Lipinski definition) is 2. The number of aromatic amines is 1. The van der Waals surface area contributed by atoms with Crippen molar-refractivity contribution in [3.8, 4) is 5.75 Å². The number of rotatable bonds is 8. The monoisotopic (exact) mass is 424 g/mol. The first-order chi connectivity index (χ1) is 15.2. The van der Waals surface area contributed by atoms with Gasteiger partial charge in [-0.3, -0.25) is 14.7 Å². The van der Waals surface area contributed by atoms with Crippen molar-refractivity contribution in [3.05, 3.63) is 51.4 Å². The van der Waals surface area contributed by atoms with E-state index in [1.54, 1.807) is 0 Å². The molecule has 4 rings (SSSR count). The lowest BCUT2D eigenvalue weighted by molar-refractivity contribution is 0.185. The van der Waals surface area contributed by atoms with Gasteiger partial charge in [0.15, 0.2) is 0 Å². The van der Waals surface area contributed by atoms with Crippen LogP contribution in [0.2, 0.25) is 0 Å². The molecule has 0 bridgehead atoms. The van der Waals surface area contributed by atoms with Crippen molar-refractivity contribution >= 4 is 5.95 Å². The van der Waals surface area contributed by atoms with Crippen molar-refractivity contribution in [2.24, 2.45) is 5.92 Å². The van der Waals surface area contributed by atoms with E-state index < -0.39 is 0 Å². The molecule has 2 aliphatic rings. The van der Waals surface area contributed by atoms with E-state index in [1.807, 2.05) is 6.07 Å². The van der Waals surface area contributed by atoms with Crippen LogP contribution in [0.4, 0.5) is 5.95 Å². The normalized spacial score (nSPS) is 17.7. The molecule has 2 N–H and O–H groups in total. The highest BCUT2D eigenvalue weighted by Crippen LogP contribution is 2.20. The third-order valence-electron chi connectivity index (χ3n) is 6.50. The standard InChI is InChI=1S/C25H36N4O2/c1-19-11-14-29(15-12-19)18-20-7-5-8-21(17-20)31-16-6-13-26-25-27-23-10-4-2-3-9-22(23)24(30)28-25/h5,7-8,17,19H,2-4,6,9-16,18H2,1H3,(H2,26,27,28,30). The van der Waals surface area contributed by atoms with Gasteiger partial charge in [-0.2, -0.15) is 0 Å². The number of anilines is 1. The zero-order chi connectivity index (χ0) is 21.5. The molecule has 0 unspecified atom stereocenters. The topological polar surface area (TPSA) is 70.2 Å². The molecular formula is C25H36N4O2. The number of benzene rings is 1. The highest BCUT2D eigenvalue weighted by atomic mass is 16.5. The molecular weight excluding hydrogens is 388 g/mol. The van der Waals surface area contributed by atoms with Gasteiger partial charge in [-0.15, -0.1) is 0 Å². The van der Waals surface area contributed by atoms with Crippen molar-refractivity contribution < 1.29 is 4.74 Å². The largest absolute Gasteiger partial charge is 0.494 e. The summed E-state index contributed by atoms with van der Waals surface area (Å²) in [6.45, 7) is 7.08. The second kappa shape index (κ2) is 10.8. The van der Waals surface area contributed by atoms with E-state index in [0.717, 1.165) is 61.6 Å². The molecule has 0 atom stereocenters. The van der Waals surface area contributed by atoms with Gasteiger partial charge in [-0.05, 0) is 81.6 Å². The van der Waals surface area contributed by atoms with Crippen LogP contribution in [0.5, 0.6) is 5.75 Å². The summed E-state index contributed by atoms with van der Waals surface area (Å²) in [7, 11) is 0. The quantitative estimate of drug-likeness (QED) is 0.492. The van der Waals surface area contributed by atoms with Crippen LogP contribution >= 0.6 is 0 Å². The Morgan fingerprint density at radius 1 is 1.19 bits per heavy atom. The van der Waals surface area contributed by atoms with Crippen LogP contribution in [-0.4, -0.2) is 41.1 Å². The van der Waals surface area contributed by atoms with Crippen LogP contribution in [0.25, 0.3) is 0 Å². The first-order valence-electron chi connectivity index (χ1n) is 12.0. The first kappa shape index (κ1) is 21.9. The van der Waals surface area contributed by atoms with Crippen molar-refractivity contribution in [3.63, 3.8) is 0 Å². The van der Waals surface area contributed by atoms with Crippen LogP contribution in [0, 0.1) is 5.92 Å². The number of fused-ring (bicyclic) bond motifs is 1. The van der Waals surface area contributed by atoms with Crippen molar-refractivity contribution in [1.82, 2.24) is 14.9 Å². The number of nitrogens with zero attached hydrogens (tertiary/aromatic N) is 2. The second-order valence-electron chi connectivity index (χ2n) is 9.14. The number of hydrogen-bond acceptors (Lipinski definition) is 5. The van der Waals surface area contributed by atoms with E-state index in [4.69, 9.17) is 4.74 Å². The molecule has 6 nitrogen and oxygen atoms in total. The lowest BCUT2D eigenvalue weighted by atomic mass is 9.99. The first-order valence-corrected chi connectivity index (χ1v) is 12.0. The van der Waals surface area contributed by atoms with Gasteiger partial charge in [-0.25, -0.2) is 4.98 Å². The highest BCUT2D eigenvalue weighted by molar-refractivity contribution is 5.31. The Balaban J connectivity index is 1.21. The van der Waals surface area contributed by atoms with Gasteiger partial charge in [0.05, 0.1) is 12.3 Å². The fraction of sp³-hybridized carbons (Fsp3) is 0.600. The van der Waals surface area contributed by atoms with E-state index in [9.17, 15) is 4.79 Å². The van der Waals surface area contributed by atoms with Gasteiger partial charge < -0.3 is 10.1 Å². The number of likely N-dealkylation sites (tertiary alicyclic amines) is 1. The number of aryl methyl sites for hydroxylation is 1. The van der Waals surface area contributed by atoms with E-state index >= 15 is 0 Å². The third kappa shape index (κ3) is 6.33. The molecule has 6 heteroatoms. The minimum Gasteiger partial charge on any atom is -0.494 e. The molecule has 0 saturated carbocycles. The maximum Gasteiger partial charge on any atom is 0.255 e. The molecule has 2 aromatic rings. The van der Waals surface area contributed by atoms with Crippen molar-refractivity contribution in [2.75, 3.05) is 31.6 Å². The number of aromatic nitrogens is 2. The van der Waals surface area contributed by atoms with Gasteiger partial charge in [0, 0.05) is 18.7 Å². The van der Waals surface area contributed by atoms with E-state index in [1.165, 1.54) is 37.9 Å². The Bertz CT molecular complexity index is 903. The molecule has 1 fully saturated rings. The maximum absolute atomic E-state index is 12.3. The summed E-state index contributed by atoms with van der Waals surface area (Å²) in [6, 6.07) is 8.46. The Morgan fingerprint density at radius 3 is 2.90 bits per heavy atom. The number of piperidine rings is 1. The molecule has 1 saturated heterocycles. The molecule has 31 heavy (non-hydrogen) atoms. The third-order valence-corrected chi connectivity index (χ3v) is 6.50. The van der Waals surface area contributed by atoms with Gasteiger partial charge in [0.2, 0.25) is 5.95 Å². The molecule has 0 spiro atoms. The van der Waals surface area contributed by atoms with E-state index in [0.29, 0.717) is 19.1 Å². The fourth-order valence-corrected chi connectivity index (χ4v) is 4.54. The fourth-order valence-electron chi connectivity index (χ4n) is 4.54. The van der Waals surface area contributed by atoms with Gasteiger partial charge in [0.1, 0.15) is 5.75 Å². The Labute approximate surface area is 185 Å². The van der Waals surface area contributed by atoms with Crippen LogP contribution in [0.3, 0.4) is 0 Å². The lowest BCUT2D eigenvalue weighted by Gasteiger charge is -2.30. The summed E-state index contributed by atoms with van der Waals surface area (Å²) in [5.74, 6) is 2.38. The van der Waals surface area contributed by atoms with Gasteiger partial charge >= 0.3 is 0 Å². The summed E-state index contributed by atoms with van der Waals surface area (Å²) >= 11 is 0. The van der Waals surface area contributed by atoms with Gasteiger partial charge in [-0.1, -0.05) is 25.5 Å². The van der Waals surface area contributed by atoms with Crippen LogP contribution in [0.1, 0.15) is 62.3 Å². The molecule has 0 amide bonds. The highest BCUT2D eigenvalue weighted by Gasteiger charge is 2.16. The second-order valence-corrected chi connectivity index (χ2v) is 9.14. The zero-order valence-corrected chi connectivity index (χ0v) is 18.8. The Morgan fingerprint density at radius 2 is 2.03 bits per heavy atom. The smallest absolute Gasteiger partial charge is 0.255 e. The van der Waals surface area contributed by atoms with E-state index in [-0.39, 0.29) is 5.56 Å². The molecule has 2 heterocycles. The lowest BCUT2D eigenvalue weighted by Crippen LogP contribution is -2.32. The van der Waals surface area contributed by atoms with Crippen LogP contribution < -0.4 is 15.6 Å². The maximum atomic E-state index is 12.3. The predicted octanol–water partition coefficient (Wildman–Crippen LogP) is 4.15. The van der Waals surface area contributed by atoms with E-state index in [2.05, 4.69) is 45.3 Å². The number of H-pyrrole nitrogens is 1. The zero-order valence-electron chi connectivity index (χ0n) is 18.8. The predicted molar refractivity (Wildman–Crippen MR) is 125 cm³/mol. The summed E-state index contributed by atoms with van der Waals surface area (Å²) in [5.41, 5.74) is 3.19. The Hall–Kier alpha value is -2.34. The average molecular weight is 425 g/mol. The molecule has 0 radical (unpaired) electrons. The molecule has 1 aliphatic heterocycles. The minimum absolute atomic E-state index is 0.0191. The van der Waals surface area contributed by atoms with Crippen LogP contribution in [-0.2, 0) is 19.4 Å². The summed E-state index contributed by atoms with van der Waals surface area (Å²) < 4.78 is 5.97. The molecule has 168 valence electrons. The summed E-state index contributed by atoms with van der Waals surface area (Å²) in [4.78, 5) is 22.4. The molecule has 1 aromatic heterocycles. The van der Waals surface area contributed by atoms with Crippen molar-refractivity contribution in [1.29, 1.82) is 0 Å². The SMILES string of the molecule is CC1CCN(Cc2cccc(OCCCNc3nc4c(c(=O)[nH]3)CCCCC4)c2)CC1. The van der Waals surface area contributed by atoms with Crippen molar-refractivity contribution in [2.45, 2.75) is 64.8 Å². The molecule has 1 aromatic carbocycles. The summed E-state index contributed by atoms with van der Waals surface area (Å²) in [6.07, 6.45) is 8.57. The number of ether oxygens (including phenoxy) is 1. The average Bonchev–Trinajstić information content (AvgIpc) is 3.01. The minimum atomic E-state index is 0.0191. The Kier molecular flexibility index (Phi) is 7.62. The summed E-state index contributed by atoms with van der Waals surface area (Å²) in [5, 5.41) is 3.26. The van der Waals surface area contributed by atoms with Crippen LogP contribution in [0.15, 0.2) is 29.1 Å². The number of nitrogens with one attached hydrogen (secondary N) is 2. The molecule has 1 aliphatic carbocycles. The van der Waals surface area contributed by atoms with Gasteiger partial charge in [0.25, 0.3) is 5.56 Å².